The first-order valence-corrected chi connectivity index (χ1v) is 10.8. The van der Waals surface area contributed by atoms with Crippen molar-refractivity contribution in [3.8, 4) is 38.6 Å². The van der Waals surface area contributed by atoms with E-state index < -0.39 is 0 Å². The summed E-state index contributed by atoms with van der Waals surface area (Å²) in [4.78, 5) is 8.09. The van der Waals surface area contributed by atoms with E-state index in [-0.39, 0.29) is 5.75 Å². The molecule has 0 aliphatic heterocycles. The number of hydrogen-bond acceptors (Lipinski definition) is 3. The van der Waals surface area contributed by atoms with Crippen molar-refractivity contribution in [1.29, 1.82) is 0 Å². The molecule has 5 rings (SSSR count). The second-order valence-corrected chi connectivity index (χ2v) is 8.51. The lowest BCUT2D eigenvalue weighted by molar-refractivity contribution is 0.477. The molecule has 1 heterocycles. The second-order valence-electron chi connectivity index (χ2n) is 7.08. The Morgan fingerprint density at radius 3 is 2.06 bits per heavy atom. The standard InChI is InChI=1S/C26H15ClN2OS/c1-28-20-12-10-17(11-13-20)16-6-8-18(9-7-16)19-14-22(27)25-24(15-19)31-26(29-25)21-4-2-3-5-23(21)30/h2-15,30H. The molecule has 4 aromatic carbocycles. The van der Waals surface area contributed by atoms with Gasteiger partial charge in [-0.1, -0.05) is 72.3 Å². The van der Waals surface area contributed by atoms with Crippen LogP contribution in [0.25, 0.3) is 47.9 Å². The van der Waals surface area contributed by atoms with Gasteiger partial charge in [0.1, 0.15) is 16.3 Å². The van der Waals surface area contributed by atoms with Gasteiger partial charge in [-0.25, -0.2) is 9.83 Å². The van der Waals surface area contributed by atoms with Crippen LogP contribution in [0.3, 0.4) is 0 Å². The number of halogens is 1. The van der Waals surface area contributed by atoms with Gasteiger partial charge in [-0.05, 0) is 46.5 Å². The summed E-state index contributed by atoms with van der Waals surface area (Å²) in [7, 11) is 0. The molecule has 0 unspecified atom stereocenters. The smallest absolute Gasteiger partial charge is 0.187 e. The van der Waals surface area contributed by atoms with Crippen molar-refractivity contribution in [3.05, 3.63) is 101 Å². The van der Waals surface area contributed by atoms with Crippen LogP contribution in [0, 0.1) is 6.57 Å². The lowest BCUT2D eigenvalue weighted by atomic mass is 10.00. The molecule has 1 N–H and O–H groups in total. The van der Waals surface area contributed by atoms with Gasteiger partial charge in [0.2, 0.25) is 0 Å². The third kappa shape index (κ3) is 3.66. The molecule has 5 aromatic rings. The Kier molecular flexibility index (Phi) is 4.91. The van der Waals surface area contributed by atoms with Crippen LogP contribution in [0.2, 0.25) is 5.02 Å². The molecule has 5 heteroatoms. The molecule has 0 saturated heterocycles. The number of benzene rings is 4. The van der Waals surface area contributed by atoms with Gasteiger partial charge in [0, 0.05) is 0 Å². The van der Waals surface area contributed by atoms with Crippen LogP contribution in [0.15, 0.2) is 84.9 Å². The minimum atomic E-state index is 0.206. The number of fused-ring (bicyclic) bond motifs is 1. The average molecular weight is 439 g/mol. The van der Waals surface area contributed by atoms with E-state index in [1.807, 2.05) is 42.5 Å². The van der Waals surface area contributed by atoms with Gasteiger partial charge in [0.05, 0.1) is 21.9 Å². The summed E-state index contributed by atoms with van der Waals surface area (Å²) in [5, 5.41) is 11.5. The van der Waals surface area contributed by atoms with Gasteiger partial charge < -0.3 is 5.11 Å². The molecule has 0 aliphatic rings. The zero-order chi connectivity index (χ0) is 21.4. The number of para-hydroxylation sites is 1. The van der Waals surface area contributed by atoms with Crippen LogP contribution < -0.4 is 0 Å². The quantitative estimate of drug-likeness (QED) is 0.288. The Morgan fingerprint density at radius 1 is 0.806 bits per heavy atom. The van der Waals surface area contributed by atoms with Crippen LogP contribution in [-0.2, 0) is 0 Å². The van der Waals surface area contributed by atoms with Gasteiger partial charge in [-0.3, -0.25) is 0 Å². The summed E-state index contributed by atoms with van der Waals surface area (Å²) in [6.07, 6.45) is 0. The molecule has 0 saturated carbocycles. The van der Waals surface area contributed by atoms with Crippen molar-refractivity contribution < 1.29 is 5.11 Å². The van der Waals surface area contributed by atoms with Crippen molar-refractivity contribution in [2.24, 2.45) is 0 Å². The number of phenolic OH excluding ortho intramolecular Hbond substituents is 1. The third-order valence-electron chi connectivity index (χ3n) is 5.13. The molecule has 0 amide bonds. The Hall–Kier alpha value is -3.65. The van der Waals surface area contributed by atoms with Crippen LogP contribution >= 0.6 is 22.9 Å². The maximum atomic E-state index is 10.2. The third-order valence-corrected chi connectivity index (χ3v) is 6.45. The van der Waals surface area contributed by atoms with Crippen molar-refractivity contribution in [3.63, 3.8) is 0 Å². The predicted octanol–water partition coefficient (Wildman–Crippen LogP) is 8.21. The largest absolute Gasteiger partial charge is 0.507 e. The van der Waals surface area contributed by atoms with Crippen LogP contribution in [0.4, 0.5) is 5.69 Å². The summed E-state index contributed by atoms with van der Waals surface area (Å²) in [6, 6.07) is 27.1. The topological polar surface area (TPSA) is 37.5 Å². The Labute approximate surface area is 188 Å². The number of aromatic hydroxyl groups is 1. The highest BCUT2D eigenvalue weighted by molar-refractivity contribution is 7.21. The Balaban J connectivity index is 1.51. The number of phenols is 1. The fourth-order valence-electron chi connectivity index (χ4n) is 3.51. The molecular formula is C26H15ClN2OS. The van der Waals surface area contributed by atoms with Crippen LogP contribution in [0.5, 0.6) is 5.75 Å². The first kappa shape index (κ1) is 19.3. The van der Waals surface area contributed by atoms with Crippen molar-refractivity contribution >= 4 is 38.8 Å². The first-order chi connectivity index (χ1) is 15.1. The van der Waals surface area contributed by atoms with Crippen molar-refractivity contribution in [2.75, 3.05) is 0 Å². The van der Waals surface area contributed by atoms with Crippen LogP contribution in [-0.4, -0.2) is 10.1 Å². The summed E-state index contributed by atoms with van der Waals surface area (Å²) in [5.41, 5.74) is 6.31. The molecule has 0 fully saturated rings. The van der Waals surface area contributed by atoms with E-state index >= 15 is 0 Å². The molecule has 0 radical (unpaired) electrons. The summed E-state index contributed by atoms with van der Waals surface area (Å²) in [6.45, 7) is 7.08. The van der Waals surface area contributed by atoms with E-state index in [0.29, 0.717) is 16.3 Å². The minimum Gasteiger partial charge on any atom is -0.507 e. The number of hydrogen-bond donors (Lipinski definition) is 1. The highest BCUT2D eigenvalue weighted by Gasteiger charge is 2.14. The van der Waals surface area contributed by atoms with Gasteiger partial charge in [-0.2, -0.15) is 0 Å². The lowest BCUT2D eigenvalue weighted by Crippen LogP contribution is -1.82. The molecule has 0 atom stereocenters. The summed E-state index contributed by atoms with van der Waals surface area (Å²) in [5.74, 6) is 0.206. The molecule has 0 bridgehead atoms. The zero-order valence-corrected chi connectivity index (χ0v) is 17.8. The Morgan fingerprint density at radius 2 is 1.42 bits per heavy atom. The lowest BCUT2D eigenvalue weighted by Gasteiger charge is -2.06. The van der Waals surface area contributed by atoms with E-state index in [1.54, 1.807) is 12.1 Å². The van der Waals surface area contributed by atoms with E-state index in [9.17, 15) is 5.11 Å². The molecule has 31 heavy (non-hydrogen) atoms. The summed E-state index contributed by atoms with van der Waals surface area (Å²) < 4.78 is 0.972. The molecule has 3 nitrogen and oxygen atoms in total. The highest BCUT2D eigenvalue weighted by Crippen LogP contribution is 2.39. The minimum absolute atomic E-state index is 0.206. The van der Waals surface area contributed by atoms with Gasteiger partial charge in [-0.15, -0.1) is 11.3 Å². The van der Waals surface area contributed by atoms with E-state index in [0.717, 1.165) is 37.5 Å². The molecule has 148 valence electrons. The highest BCUT2D eigenvalue weighted by atomic mass is 35.5. The van der Waals surface area contributed by atoms with Crippen LogP contribution in [0.1, 0.15) is 0 Å². The van der Waals surface area contributed by atoms with Crippen molar-refractivity contribution in [1.82, 2.24) is 4.98 Å². The fraction of sp³-hybridized carbons (Fsp3) is 0. The maximum absolute atomic E-state index is 10.2. The van der Waals surface area contributed by atoms with E-state index in [1.165, 1.54) is 11.3 Å². The predicted molar refractivity (Wildman–Crippen MR) is 129 cm³/mol. The van der Waals surface area contributed by atoms with E-state index in [4.69, 9.17) is 18.2 Å². The molecular weight excluding hydrogens is 424 g/mol. The van der Waals surface area contributed by atoms with Gasteiger partial charge >= 0.3 is 0 Å². The zero-order valence-electron chi connectivity index (χ0n) is 16.2. The molecule has 0 aliphatic carbocycles. The van der Waals surface area contributed by atoms with Crippen molar-refractivity contribution in [2.45, 2.75) is 0 Å². The second kappa shape index (κ2) is 7.88. The molecule has 0 spiro atoms. The number of rotatable bonds is 3. The number of aromatic nitrogens is 1. The monoisotopic (exact) mass is 438 g/mol. The van der Waals surface area contributed by atoms with Gasteiger partial charge in [0.25, 0.3) is 0 Å². The van der Waals surface area contributed by atoms with E-state index in [2.05, 4.69) is 40.2 Å². The SMILES string of the molecule is [C-]#[N+]c1ccc(-c2ccc(-c3cc(Cl)c4nc(-c5ccccc5O)sc4c3)cc2)cc1. The number of nitrogens with zero attached hydrogens (tertiary/aromatic N) is 2. The average Bonchev–Trinajstić information content (AvgIpc) is 3.24. The van der Waals surface area contributed by atoms with Gasteiger partial charge in [0.15, 0.2) is 5.69 Å². The number of thiazole rings is 1. The maximum Gasteiger partial charge on any atom is 0.187 e. The normalized spacial score (nSPS) is 10.8. The fourth-order valence-corrected chi connectivity index (χ4v) is 4.89. The first-order valence-electron chi connectivity index (χ1n) is 9.59. The summed E-state index contributed by atoms with van der Waals surface area (Å²) >= 11 is 8.08. The Bertz CT molecular complexity index is 1450. The molecule has 1 aromatic heterocycles.